The van der Waals surface area contributed by atoms with E-state index in [1.807, 2.05) is 40.6 Å². The molecule has 5 rings (SSSR count). The van der Waals surface area contributed by atoms with Crippen LogP contribution in [0.15, 0.2) is 35.7 Å². The van der Waals surface area contributed by atoms with Gasteiger partial charge in [0.15, 0.2) is 11.5 Å². The lowest BCUT2D eigenvalue weighted by Crippen LogP contribution is -2.51. The monoisotopic (exact) mass is 482 g/mol. The average Bonchev–Trinajstić information content (AvgIpc) is 3.56. The lowest BCUT2D eigenvalue weighted by atomic mass is 9.76. The first-order valence-electron chi connectivity index (χ1n) is 12.5. The van der Waals surface area contributed by atoms with E-state index in [0.717, 1.165) is 47.6 Å². The van der Waals surface area contributed by atoms with Gasteiger partial charge in [-0.1, -0.05) is 38.8 Å². The quantitative estimate of drug-likeness (QED) is 0.589. The molecule has 182 valence electrons. The van der Waals surface area contributed by atoms with Crippen LogP contribution >= 0.6 is 11.3 Å². The van der Waals surface area contributed by atoms with Crippen molar-refractivity contribution >= 4 is 23.2 Å². The molecule has 1 saturated heterocycles. The molecule has 1 aliphatic carbocycles. The Balaban J connectivity index is 1.31. The second-order valence-electron chi connectivity index (χ2n) is 10.0. The summed E-state index contributed by atoms with van der Waals surface area (Å²) in [7, 11) is 0. The normalized spacial score (nSPS) is 24.8. The van der Waals surface area contributed by atoms with Crippen molar-refractivity contribution in [3.05, 3.63) is 46.2 Å². The molecule has 0 spiro atoms. The number of carbonyl (C=O) groups excluding carboxylic acids is 2. The minimum absolute atomic E-state index is 0.0363. The first-order valence-corrected chi connectivity index (χ1v) is 13.4. The Morgan fingerprint density at radius 1 is 1.06 bits per heavy atom. The van der Waals surface area contributed by atoms with Gasteiger partial charge in [0.25, 0.3) is 5.91 Å². The Morgan fingerprint density at radius 2 is 1.85 bits per heavy atom. The zero-order chi connectivity index (χ0) is 23.7. The van der Waals surface area contributed by atoms with Crippen LogP contribution in [0.1, 0.15) is 61.2 Å². The van der Waals surface area contributed by atoms with Gasteiger partial charge in [0.1, 0.15) is 0 Å². The van der Waals surface area contributed by atoms with Crippen LogP contribution in [0, 0.1) is 17.8 Å². The van der Waals surface area contributed by atoms with Gasteiger partial charge in [-0.3, -0.25) is 9.59 Å². The summed E-state index contributed by atoms with van der Waals surface area (Å²) in [5, 5.41) is 1.93. The minimum Gasteiger partial charge on any atom is -0.454 e. The fourth-order valence-electron chi connectivity index (χ4n) is 5.71. The maximum atomic E-state index is 14.0. The van der Waals surface area contributed by atoms with Crippen molar-refractivity contribution in [2.75, 3.05) is 19.9 Å². The van der Waals surface area contributed by atoms with Crippen LogP contribution in [0.4, 0.5) is 0 Å². The molecule has 3 atom stereocenters. The molecule has 1 aromatic heterocycles. The molecule has 34 heavy (non-hydrogen) atoms. The van der Waals surface area contributed by atoms with Crippen LogP contribution in [0.3, 0.4) is 0 Å². The van der Waals surface area contributed by atoms with Crippen LogP contribution in [-0.2, 0) is 11.3 Å². The average molecular weight is 483 g/mol. The molecule has 0 bridgehead atoms. The van der Waals surface area contributed by atoms with E-state index in [0.29, 0.717) is 31.5 Å². The highest BCUT2D eigenvalue weighted by molar-refractivity contribution is 7.12. The number of nitrogens with zero attached hydrogens (tertiary/aromatic N) is 2. The van der Waals surface area contributed by atoms with Gasteiger partial charge in [-0.2, -0.15) is 0 Å². The number of ether oxygens (including phenoxy) is 2. The van der Waals surface area contributed by atoms with Gasteiger partial charge in [-0.15, -0.1) is 11.3 Å². The van der Waals surface area contributed by atoms with Crippen LogP contribution in [0.2, 0.25) is 0 Å². The van der Waals surface area contributed by atoms with E-state index in [9.17, 15) is 9.59 Å². The summed E-state index contributed by atoms with van der Waals surface area (Å²) >= 11 is 1.48. The van der Waals surface area contributed by atoms with Crippen molar-refractivity contribution in [1.29, 1.82) is 0 Å². The number of thiophene rings is 1. The molecule has 1 saturated carbocycles. The van der Waals surface area contributed by atoms with Crippen molar-refractivity contribution in [2.24, 2.45) is 17.8 Å². The molecule has 6 nitrogen and oxygen atoms in total. The van der Waals surface area contributed by atoms with E-state index in [1.165, 1.54) is 17.8 Å². The van der Waals surface area contributed by atoms with Crippen LogP contribution < -0.4 is 9.47 Å². The summed E-state index contributed by atoms with van der Waals surface area (Å²) in [6.07, 6.45) is 4.90. The molecule has 3 aliphatic rings. The number of rotatable bonds is 5. The molecule has 2 aromatic rings. The van der Waals surface area contributed by atoms with Crippen molar-refractivity contribution < 1.29 is 19.1 Å². The molecule has 2 amide bonds. The predicted molar refractivity (Wildman–Crippen MR) is 132 cm³/mol. The predicted octanol–water partition coefficient (Wildman–Crippen LogP) is 5.18. The topological polar surface area (TPSA) is 59.1 Å². The standard InChI is InChI=1S/C27H34N2O4S/c1-18-5-3-6-22(19(18)2)29(16-20-8-9-23-24(15-20)33-17-32-23)26(30)21-10-12-28(13-11-21)27(31)25-7-4-14-34-25/h4,7-9,14-15,18-19,21-22H,3,5-6,10-13,16-17H2,1-2H3/t18-,19+,22+/m1/s1. The van der Waals surface area contributed by atoms with E-state index >= 15 is 0 Å². The molecular formula is C27H34N2O4S. The zero-order valence-corrected chi connectivity index (χ0v) is 20.9. The maximum Gasteiger partial charge on any atom is 0.263 e. The second kappa shape index (κ2) is 9.98. The number of hydrogen-bond donors (Lipinski definition) is 0. The highest BCUT2D eigenvalue weighted by atomic mass is 32.1. The number of benzene rings is 1. The fourth-order valence-corrected chi connectivity index (χ4v) is 6.40. The lowest BCUT2D eigenvalue weighted by Gasteiger charge is -2.44. The molecule has 3 heterocycles. The second-order valence-corrected chi connectivity index (χ2v) is 11.0. The summed E-state index contributed by atoms with van der Waals surface area (Å²) in [4.78, 5) is 31.5. The van der Waals surface area contributed by atoms with Crippen molar-refractivity contribution in [2.45, 2.75) is 58.5 Å². The van der Waals surface area contributed by atoms with E-state index in [4.69, 9.17) is 9.47 Å². The molecular weight excluding hydrogens is 448 g/mol. The van der Waals surface area contributed by atoms with Crippen molar-refractivity contribution in [3.8, 4) is 11.5 Å². The van der Waals surface area contributed by atoms with Gasteiger partial charge in [0.05, 0.1) is 4.88 Å². The van der Waals surface area contributed by atoms with Gasteiger partial charge >= 0.3 is 0 Å². The summed E-state index contributed by atoms with van der Waals surface area (Å²) < 4.78 is 11.1. The van der Waals surface area contributed by atoms with Gasteiger partial charge in [-0.25, -0.2) is 0 Å². The molecule has 7 heteroatoms. The molecule has 1 aromatic carbocycles. The number of carbonyl (C=O) groups is 2. The Kier molecular flexibility index (Phi) is 6.82. The van der Waals surface area contributed by atoms with Crippen LogP contribution in [0.25, 0.3) is 0 Å². The largest absolute Gasteiger partial charge is 0.454 e. The number of amides is 2. The van der Waals surface area contributed by atoms with Gasteiger partial charge in [-0.05, 0) is 60.2 Å². The van der Waals surface area contributed by atoms with Crippen LogP contribution in [0.5, 0.6) is 11.5 Å². The zero-order valence-electron chi connectivity index (χ0n) is 20.1. The summed E-state index contributed by atoms with van der Waals surface area (Å²) in [6, 6.07) is 10.0. The molecule has 0 unspecified atom stereocenters. The highest BCUT2D eigenvalue weighted by Crippen LogP contribution is 2.37. The summed E-state index contributed by atoms with van der Waals surface area (Å²) in [5.41, 5.74) is 1.08. The Morgan fingerprint density at radius 3 is 2.62 bits per heavy atom. The van der Waals surface area contributed by atoms with Gasteiger partial charge in [0, 0.05) is 31.6 Å². The molecule has 2 aliphatic heterocycles. The first kappa shape index (κ1) is 23.2. The fraction of sp³-hybridized carbons (Fsp3) is 0.556. The van der Waals surface area contributed by atoms with E-state index in [-0.39, 0.29) is 30.6 Å². The Labute approximate surface area is 205 Å². The smallest absolute Gasteiger partial charge is 0.263 e. The van der Waals surface area contributed by atoms with Crippen LogP contribution in [-0.4, -0.2) is 47.5 Å². The van der Waals surface area contributed by atoms with E-state index < -0.39 is 0 Å². The number of fused-ring (bicyclic) bond motifs is 1. The maximum absolute atomic E-state index is 14.0. The molecule has 2 fully saturated rings. The Hall–Kier alpha value is -2.54. The first-order chi connectivity index (χ1) is 16.5. The third-order valence-electron chi connectivity index (χ3n) is 8.00. The third kappa shape index (κ3) is 4.67. The summed E-state index contributed by atoms with van der Waals surface area (Å²) in [5.74, 6) is 2.90. The van der Waals surface area contributed by atoms with E-state index in [1.54, 1.807) is 0 Å². The van der Waals surface area contributed by atoms with Crippen molar-refractivity contribution in [3.63, 3.8) is 0 Å². The van der Waals surface area contributed by atoms with Crippen molar-refractivity contribution in [1.82, 2.24) is 9.80 Å². The third-order valence-corrected chi connectivity index (χ3v) is 8.86. The SMILES string of the molecule is C[C@H]1[C@H](C)CCC[C@@H]1N(Cc1ccc2c(c1)OCO2)C(=O)C1CCN(C(=O)c2cccs2)CC1. The minimum atomic E-state index is -0.0363. The number of piperidine rings is 1. The highest BCUT2D eigenvalue weighted by Gasteiger charge is 2.38. The molecule has 0 radical (unpaired) electrons. The Bertz CT molecular complexity index is 1020. The van der Waals surface area contributed by atoms with E-state index in [2.05, 4.69) is 18.7 Å². The van der Waals surface area contributed by atoms with Gasteiger partial charge in [0.2, 0.25) is 12.7 Å². The number of likely N-dealkylation sites (tertiary alicyclic amines) is 1. The lowest BCUT2D eigenvalue weighted by molar-refractivity contribution is -0.142. The van der Waals surface area contributed by atoms with Gasteiger partial charge < -0.3 is 19.3 Å². The summed E-state index contributed by atoms with van der Waals surface area (Å²) in [6.45, 7) is 6.74. The molecule has 0 N–H and O–H groups in total. The number of hydrogen-bond acceptors (Lipinski definition) is 5.